The standard InChI is InChI=1S/C14H15NO2/c16-14(10-6-8-17-9-10)12-3-1-5-13-11(12)4-2-7-15-13/h1-5,7,10,14,16H,6,8-9H2. The summed E-state index contributed by atoms with van der Waals surface area (Å²) in [6.45, 7) is 1.41. The van der Waals surface area contributed by atoms with E-state index in [0.29, 0.717) is 6.61 Å². The Labute approximate surface area is 100 Å². The van der Waals surface area contributed by atoms with E-state index in [1.807, 2.05) is 30.3 Å². The summed E-state index contributed by atoms with van der Waals surface area (Å²) in [6, 6.07) is 9.81. The number of ether oxygens (including phenoxy) is 1. The van der Waals surface area contributed by atoms with Crippen LogP contribution < -0.4 is 0 Å². The van der Waals surface area contributed by atoms with E-state index in [9.17, 15) is 5.11 Å². The number of rotatable bonds is 2. The van der Waals surface area contributed by atoms with Crippen LogP contribution in [0.1, 0.15) is 18.1 Å². The zero-order valence-corrected chi connectivity index (χ0v) is 9.54. The average Bonchev–Trinajstić information content (AvgIpc) is 2.91. The van der Waals surface area contributed by atoms with Gasteiger partial charge in [-0.25, -0.2) is 0 Å². The second kappa shape index (κ2) is 4.43. The molecule has 1 aliphatic heterocycles. The van der Waals surface area contributed by atoms with Crippen molar-refractivity contribution in [3.05, 3.63) is 42.1 Å². The van der Waals surface area contributed by atoms with E-state index in [1.165, 1.54) is 0 Å². The maximum atomic E-state index is 10.4. The van der Waals surface area contributed by atoms with Crippen LogP contribution in [0.25, 0.3) is 10.9 Å². The third-order valence-corrected chi connectivity index (χ3v) is 3.41. The van der Waals surface area contributed by atoms with Gasteiger partial charge in [0.2, 0.25) is 0 Å². The van der Waals surface area contributed by atoms with Gasteiger partial charge in [-0.15, -0.1) is 0 Å². The van der Waals surface area contributed by atoms with Crippen LogP contribution in [-0.2, 0) is 4.74 Å². The highest BCUT2D eigenvalue weighted by Gasteiger charge is 2.26. The molecule has 17 heavy (non-hydrogen) atoms. The van der Waals surface area contributed by atoms with Crippen molar-refractivity contribution in [3.63, 3.8) is 0 Å². The Kier molecular flexibility index (Phi) is 2.79. The molecule has 1 aromatic heterocycles. The molecule has 1 aliphatic rings. The van der Waals surface area contributed by atoms with Crippen molar-refractivity contribution in [2.75, 3.05) is 13.2 Å². The summed E-state index contributed by atoms with van der Waals surface area (Å²) in [5.41, 5.74) is 1.90. The van der Waals surface area contributed by atoms with Gasteiger partial charge in [-0.1, -0.05) is 18.2 Å². The van der Waals surface area contributed by atoms with Gasteiger partial charge in [0.15, 0.2) is 0 Å². The van der Waals surface area contributed by atoms with Crippen molar-refractivity contribution in [2.24, 2.45) is 5.92 Å². The van der Waals surface area contributed by atoms with Crippen LogP contribution in [0.3, 0.4) is 0 Å². The lowest BCUT2D eigenvalue weighted by molar-refractivity contribution is 0.0929. The summed E-state index contributed by atoms with van der Waals surface area (Å²) in [5.74, 6) is 0.209. The lowest BCUT2D eigenvalue weighted by Crippen LogP contribution is -2.12. The van der Waals surface area contributed by atoms with Crippen LogP contribution in [0.2, 0.25) is 0 Å². The smallest absolute Gasteiger partial charge is 0.0847 e. The highest BCUT2D eigenvalue weighted by molar-refractivity contribution is 5.82. The summed E-state index contributed by atoms with van der Waals surface area (Å²) >= 11 is 0. The predicted octanol–water partition coefficient (Wildman–Crippen LogP) is 2.30. The fraction of sp³-hybridized carbons (Fsp3) is 0.357. The first kappa shape index (κ1) is 10.7. The quantitative estimate of drug-likeness (QED) is 0.859. The molecule has 0 saturated carbocycles. The number of hydrogen-bond acceptors (Lipinski definition) is 3. The van der Waals surface area contributed by atoms with Crippen LogP contribution in [0.4, 0.5) is 0 Å². The minimum absolute atomic E-state index is 0.209. The molecule has 0 amide bonds. The highest BCUT2D eigenvalue weighted by Crippen LogP contribution is 2.32. The Morgan fingerprint density at radius 3 is 3.06 bits per heavy atom. The van der Waals surface area contributed by atoms with E-state index in [0.717, 1.165) is 29.5 Å². The molecule has 0 aliphatic carbocycles. The van der Waals surface area contributed by atoms with Gasteiger partial charge in [0.05, 0.1) is 18.2 Å². The number of fused-ring (bicyclic) bond motifs is 1. The first-order valence-electron chi connectivity index (χ1n) is 5.96. The van der Waals surface area contributed by atoms with Crippen LogP contribution in [0.5, 0.6) is 0 Å². The normalized spacial score (nSPS) is 21.8. The number of aliphatic hydroxyl groups is 1. The van der Waals surface area contributed by atoms with Crippen molar-refractivity contribution in [2.45, 2.75) is 12.5 Å². The zero-order chi connectivity index (χ0) is 11.7. The molecule has 0 spiro atoms. The lowest BCUT2D eigenvalue weighted by atomic mass is 9.92. The van der Waals surface area contributed by atoms with Crippen LogP contribution in [-0.4, -0.2) is 23.3 Å². The summed E-state index contributed by atoms with van der Waals surface area (Å²) in [6.07, 6.45) is 2.25. The molecule has 1 fully saturated rings. The number of aliphatic hydroxyl groups excluding tert-OH is 1. The Morgan fingerprint density at radius 1 is 1.29 bits per heavy atom. The van der Waals surface area contributed by atoms with E-state index in [-0.39, 0.29) is 5.92 Å². The number of nitrogens with zero attached hydrogens (tertiary/aromatic N) is 1. The molecule has 0 radical (unpaired) electrons. The third kappa shape index (κ3) is 1.92. The van der Waals surface area contributed by atoms with E-state index in [1.54, 1.807) is 6.20 Å². The Hall–Kier alpha value is -1.45. The Balaban J connectivity index is 2.04. The van der Waals surface area contributed by atoms with Gasteiger partial charge in [0.1, 0.15) is 0 Å². The number of hydrogen-bond donors (Lipinski definition) is 1. The maximum absolute atomic E-state index is 10.4. The molecule has 88 valence electrons. The van der Waals surface area contributed by atoms with Gasteiger partial charge >= 0.3 is 0 Å². The van der Waals surface area contributed by atoms with E-state index in [2.05, 4.69) is 4.98 Å². The van der Waals surface area contributed by atoms with Crippen molar-refractivity contribution >= 4 is 10.9 Å². The molecule has 2 unspecified atom stereocenters. The van der Waals surface area contributed by atoms with Crippen LogP contribution >= 0.6 is 0 Å². The zero-order valence-electron chi connectivity index (χ0n) is 9.54. The molecule has 1 saturated heterocycles. The first-order valence-corrected chi connectivity index (χ1v) is 5.96. The summed E-state index contributed by atoms with van der Waals surface area (Å²) in [4.78, 5) is 4.31. The summed E-state index contributed by atoms with van der Waals surface area (Å²) in [7, 11) is 0. The minimum Gasteiger partial charge on any atom is -0.388 e. The van der Waals surface area contributed by atoms with Crippen LogP contribution in [0.15, 0.2) is 36.5 Å². The monoisotopic (exact) mass is 229 g/mol. The van der Waals surface area contributed by atoms with Gasteiger partial charge in [0, 0.05) is 24.1 Å². The predicted molar refractivity (Wildman–Crippen MR) is 65.6 cm³/mol. The molecule has 1 N–H and O–H groups in total. The maximum Gasteiger partial charge on any atom is 0.0847 e. The molecular weight excluding hydrogens is 214 g/mol. The Bertz CT molecular complexity index is 515. The molecule has 3 heteroatoms. The largest absolute Gasteiger partial charge is 0.388 e. The third-order valence-electron chi connectivity index (χ3n) is 3.41. The Morgan fingerprint density at radius 2 is 2.24 bits per heavy atom. The van der Waals surface area contributed by atoms with Crippen molar-refractivity contribution in [1.29, 1.82) is 0 Å². The second-order valence-electron chi connectivity index (χ2n) is 4.49. The minimum atomic E-state index is -0.453. The fourth-order valence-electron chi connectivity index (χ4n) is 2.44. The average molecular weight is 229 g/mol. The second-order valence-corrected chi connectivity index (χ2v) is 4.49. The summed E-state index contributed by atoms with van der Waals surface area (Å²) < 4.78 is 5.34. The van der Waals surface area contributed by atoms with Crippen LogP contribution in [0, 0.1) is 5.92 Å². The molecule has 2 heterocycles. The SMILES string of the molecule is OC(c1cccc2ncccc12)C1CCOC1. The van der Waals surface area contributed by atoms with Crippen molar-refractivity contribution in [3.8, 4) is 0 Å². The number of pyridine rings is 1. The fourth-order valence-corrected chi connectivity index (χ4v) is 2.44. The molecule has 3 rings (SSSR count). The lowest BCUT2D eigenvalue weighted by Gasteiger charge is -2.18. The van der Waals surface area contributed by atoms with Crippen molar-refractivity contribution < 1.29 is 9.84 Å². The molecule has 2 atom stereocenters. The number of aromatic nitrogens is 1. The van der Waals surface area contributed by atoms with E-state index < -0.39 is 6.10 Å². The number of benzene rings is 1. The molecular formula is C14H15NO2. The molecule has 3 nitrogen and oxygen atoms in total. The van der Waals surface area contributed by atoms with Gasteiger partial charge in [-0.2, -0.15) is 0 Å². The van der Waals surface area contributed by atoms with E-state index >= 15 is 0 Å². The highest BCUT2D eigenvalue weighted by atomic mass is 16.5. The topological polar surface area (TPSA) is 42.4 Å². The molecule has 1 aromatic carbocycles. The molecule has 2 aromatic rings. The molecule has 0 bridgehead atoms. The first-order chi connectivity index (χ1) is 8.36. The van der Waals surface area contributed by atoms with Crippen molar-refractivity contribution in [1.82, 2.24) is 4.98 Å². The van der Waals surface area contributed by atoms with E-state index in [4.69, 9.17) is 4.74 Å². The van der Waals surface area contributed by atoms with Gasteiger partial charge in [-0.3, -0.25) is 4.98 Å². The van der Waals surface area contributed by atoms with Gasteiger partial charge < -0.3 is 9.84 Å². The summed E-state index contributed by atoms with van der Waals surface area (Å²) in [5, 5.41) is 11.4. The van der Waals surface area contributed by atoms with Gasteiger partial charge in [-0.05, 0) is 24.1 Å². The van der Waals surface area contributed by atoms with Gasteiger partial charge in [0.25, 0.3) is 0 Å².